The molecule has 1 aromatic rings. The zero-order valence-corrected chi connectivity index (χ0v) is 16.5. The second-order valence-corrected chi connectivity index (χ2v) is 8.99. The Kier molecular flexibility index (Phi) is 6.69. The molecule has 0 radical (unpaired) electrons. The molecule has 0 bridgehead atoms. The number of sulfonamides is 1. The monoisotopic (exact) mass is 436 g/mol. The third-order valence-corrected chi connectivity index (χ3v) is 6.83. The molecule has 1 amide bonds. The number of hydrogen-bond acceptors (Lipinski definition) is 5. The first-order chi connectivity index (χ1) is 13.7. The van der Waals surface area contributed by atoms with Gasteiger partial charge < -0.3 is 14.8 Å². The summed E-state index contributed by atoms with van der Waals surface area (Å²) in [4.78, 5) is 12.3. The van der Waals surface area contributed by atoms with Crippen molar-refractivity contribution in [1.82, 2.24) is 4.31 Å². The van der Waals surface area contributed by atoms with Crippen molar-refractivity contribution in [3.05, 3.63) is 18.2 Å². The second-order valence-electron chi connectivity index (χ2n) is 7.05. The van der Waals surface area contributed by atoms with Gasteiger partial charge in [0.25, 0.3) is 0 Å². The van der Waals surface area contributed by atoms with Crippen LogP contribution in [0.5, 0.6) is 5.75 Å². The van der Waals surface area contributed by atoms with Crippen LogP contribution in [0, 0.1) is 5.92 Å². The SMILES string of the molecule is O=C(Nc1cc(S(=O)(=O)N2CCOCC2)ccc1OCC(F)(F)F)C1CCCC1. The van der Waals surface area contributed by atoms with Crippen LogP contribution in [0.1, 0.15) is 25.7 Å². The summed E-state index contributed by atoms with van der Waals surface area (Å²) < 4.78 is 74.6. The van der Waals surface area contributed by atoms with Crippen LogP contribution in [0.3, 0.4) is 0 Å². The van der Waals surface area contributed by atoms with Crippen LogP contribution in [-0.4, -0.2) is 57.7 Å². The highest BCUT2D eigenvalue weighted by Crippen LogP contribution is 2.33. The van der Waals surface area contributed by atoms with Gasteiger partial charge in [-0.1, -0.05) is 12.8 Å². The molecule has 1 aliphatic carbocycles. The maximum absolute atomic E-state index is 12.8. The first-order valence-electron chi connectivity index (χ1n) is 9.39. The van der Waals surface area contributed by atoms with Crippen molar-refractivity contribution in [2.45, 2.75) is 36.8 Å². The zero-order valence-electron chi connectivity index (χ0n) is 15.7. The molecule has 1 aromatic carbocycles. The minimum atomic E-state index is -4.56. The van der Waals surface area contributed by atoms with Gasteiger partial charge in [0.15, 0.2) is 6.61 Å². The average molecular weight is 436 g/mol. The molecule has 2 aliphatic rings. The van der Waals surface area contributed by atoms with E-state index in [1.54, 1.807) is 0 Å². The number of anilines is 1. The molecule has 3 rings (SSSR count). The predicted octanol–water partition coefficient (Wildman–Crippen LogP) is 2.78. The average Bonchev–Trinajstić information content (AvgIpc) is 3.22. The quantitative estimate of drug-likeness (QED) is 0.741. The third-order valence-electron chi connectivity index (χ3n) is 4.93. The first kappa shape index (κ1) is 21.8. The molecule has 29 heavy (non-hydrogen) atoms. The standard InChI is InChI=1S/C18H23F3N2O5S/c19-18(20,21)12-28-16-6-5-14(29(25,26)23-7-9-27-10-8-23)11-15(16)22-17(24)13-3-1-2-4-13/h5-6,11,13H,1-4,7-10,12H2,(H,22,24). The number of hydrogen-bond donors (Lipinski definition) is 1. The summed E-state index contributed by atoms with van der Waals surface area (Å²) in [6, 6.07) is 3.48. The van der Waals surface area contributed by atoms with Gasteiger partial charge >= 0.3 is 6.18 Å². The number of ether oxygens (including phenoxy) is 2. The van der Waals surface area contributed by atoms with Crippen molar-refractivity contribution in [2.75, 3.05) is 38.2 Å². The van der Waals surface area contributed by atoms with Crippen LogP contribution in [0.15, 0.2) is 23.1 Å². The molecular formula is C18H23F3N2O5S. The lowest BCUT2D eigenvalue weighted by atomic mass is 10.1. The molecule has 162 valence electrons. The van der Waals surface area contributed by atoms with E-state index < -0.39 is 22.8 Å². The molecule has 1 saturated heterocycles. The van der Waals surface area contributed by atoms with E-state index in [0.717, 1.165) is 25.0 Å². The lowest BCUT2D eigenvalue weighted by molar-refractivity contribution is -0.153. The fourth-order valence-corrected chi connectivity index (χ4v) is 4.85. The Balaban J connectivity index is 1.87. The Labute approximate surface area is 167 Å². The van der Waals surface area contributed by atoms with E-state index in [1.807, 2.05) is 0 Å². The van der Waals surface area contributed by atoms with Crippen molar-refractivity contribution in [3.8, 4) is 5.75 Å². The normalized spacial score (nSPS) is 19.3. The lowest BCUT2D eigenvalue weighted by Gasteiger charge is -2.26. The zero-order chi connectivity index (χ0) is 21.1. The number of carbonyl (C=O) groups is 1. The molecule has 1 heterocycles. The van der Waals surface area contributed by atoms with Crippen molar-refractivity contribution in [1.29, 1.82) is 0 Å². The minimum absolute atomic E-state index is 0.0829. The Bertz CT molecular complexity index is 832. The summed E-state index contributed by atoms with van der Waals surface area (Å²) in [5, 5.41) is 2.57. The number of alkyl halides is 3. The summed E-state index contributed by atoms with van der Waals surface area (Å²) >= 11 is 0. The second kappa shape index (κ2) is 8.88. The van der Waals surface area contributed by atoms with Gasteiger partial charge in [-0.25, -0.2) is 8.42 Å². The number of benzene rings is 1. The van der Waals surface area contributed by atoms with Crippen molar-refractivity contribution in [2.24, 2.45) is 5.92 Å². The Morgan fingerprint density at radius 2 is 1.86 bits per heavy atom. The topological polar surface area (TPSA) is 84.9 Å². The minimum Gasteiger partial charge on any atom is -0.482 e. The Hall–Kier alpha value is -1.85. The lowest BCUT2D eigenvalue weighted by Crippen LogP contribution is -2.40. The van der Waals surface area contributed by atoms with Gasteiger partial charge in [0.2, 0.25) is 15.9 Å². The van der Waals surface area contributed by atoms with Crippen molar-refractivity contribution < 1.29 is 35.9 Å². The summed E-state index contributed by atoms with van der Waals surface area (Å²) in [6.07, 6.45) is -1.38. The smallest absolute Gasteiger partial charge is 0.422 e. The highest BCUT2D eigenvalue weighted by molar-refractivity contribution is 7.89. The van der Waals surface area contributed by atoms with Crippen LogP contribution < -0.4 is 10.1 Å². The maximum Gasteiger partial charge on any atom is 0.422 e. The van der Waals surface area contributed by atoms with E-state index in [0.29, 0.717) is 12.8 Å². The summed E-state index contributed by atoms with van der Waals surface area (Å²) in [6.45, 7) is -0.666. The Morgan fingerprint density at radius 1 is 1.21 bits per heavy atom. The van der Waals surface area contributed by atoms with E-state index in [-0.39, 0.29) is 54.5 Å². The molecule has 11 heteroatoms. The first-order valence-corrected chi connectivity index (χ1v) is 10.8. The van der Waals surface area contributed by atoms with Gasteiger partial charge in [-0.05, 0) is 31.0 Å². The molecule has 2 fully saturated rings. The maximum atomic E-state index is 12.8. The number of morpholine rings is 1. The van der Waals surface area contributed by atoms with E-state index in [9.17, 15) is 26.4 Å². The molecule has 1 N–H and O–H groups in total. The van der Waals surface area contributed by atoms with Gasteiger partial charge in [0, 0.05) is 19.0 Å². The van der Waals surface area contributed by atoms with Gasteiger partial charge in [-0.3, -0.25) is 4.79 Å². The summed E-state index contributed by atoms with van der Waals surface area (Å²) in [7, 11) is -3.88. The highest BCUT2D eigenvalue weighted by Gasteiger charge is 2.31. The molecule has 1 saturated carbocycles. The fourth-order valence-electron chi connectivity index (χ4n) is 3.41. The van der Waals surface area contributed by atoms with Crippen LogP contribution in [-0.2, 0) is 19.6 Å². The van der Waals surface area contributed by atoms with Crippen LogP contribution in [0.25, 0.3) is 0 Å². The highest BCUT2D eigenvalue weighted by atomic mass is 32.2. The molecule has 0 atom stereocenters. The fraction of sp³-hybridized carbons (Fsp3) is 0.611. The van der Waals surface area contributed by atoms with Crippen molar-refractivity contribution in [3.63, 3.8) is 0 Å². The van der Waals surface area contributed by atoms with Gasteiger partial charge in [0.1, 0.15) is 5.75 Å². The number of nitrogens with one attached hydrogen (secondary N) is 1. The number of amides is 1. The largest absolute Gasteiger partial charge is 0.482 e. The molecule has 0 unspecified atom stereocenters. The molecule has 1 aliphatic heterocycles. The molecule has 0 aromatic heterocycles. The predicted molar refractivity (Wildman–Crippen MR) is 98.2 cm³/mol. The van der Waals surface area contributed by atoms with Gasteiger partial charge in [-0.2, -0.15) is 17.5 Å². The van der Waals surface area contributed by atoms with E-state index in [2.05, 4.69) is 5.32 Å². The summed E-state index contributed by atoms with van der Waals surface area (Å²) in [5.74, 6) is -0.820. The van der Waals surface area contributed by atoms with Gasteiger partial charge in [0.05, 0.1) is 23.8 Å². The van der Waals surface area contributed by atoms with Crippen LogP contribution >= 0.6 is 0 Å². The Morgan fingerprint density at radius 3 is 2.48 bits per heavy atom. The van der Waals surface area contributed by atoms with E-state index >= 15 is 0 Å². The molecular weight excluding hydrogens is 413 g/mol. The number of nitrogens with zero attached hydrogens (tertiary/aromatic N) is 1. The third kappa shape index (κ3) is 5.61. The van der Waals surface area contributed by atoms with Crippen LogP contribution in [0.2, 0.25) is 0 Å². The molecule has 7 nitrogen and oxygen atoms in total. The van der Waals surface area contributed by atoms with Crippen LogP contribution in [0.4, 0.5) is 18.9 Å². The number of carbonyl (C=O) groups excluding carboxylic acids is 1. The van der Waals surface area contributed by atoms with Crippen molar-refractivity contribution >= 4 is 21.6 Å². The number of halogens is 3. The number of rotatable bonds is 6. The van der Waals surface area contributed by atoms with E-state index in [1.165, 1.54) is 10.4 Å². The van der Waals surface area contributed by atoms with Gasteiger partial charge in [-0.15, -0.1) is 0 Å². The van der Waals surface area contributed by atoms with E-state index in [4.69, 9.17) is 9.47 Å². The summed E-state index contributed by atoms with van der Waals surface area (Å²) in [5.41, 5.74) is -0.0829. The molecule has 0 spiro atoms.